The molecule has 2 aliphatic rings. The molecule has 0 radical (unpaired) electrons. The number of hydrogen-bond acceptors (Lipinski definition) is 8. The number of aliphatic hydroxyl groups is 1. The van der Waals surface area contributed by atoms with Gasteiger partial charge in [0.2, 0.25) is 5.91 Å². The number of aliphatic hydroxyl groups excluding tert-OH is 1. The summed E-state index contributed by atoms with van der Waals surface area (Å²) in [6.45, 7) is 10.1. The Kier molecular flexibility index (Phi) is 14.1. The normalized spacial score (nSPS) is 17.4. The average molecular weight is 610 g/mol. The van der Waals surface area contributed by atoms with Crippen LogP contribution in [0.15, 0.2) is 30.0 Å². The molecular weight excluding hydrogens is 554 g/mol. The Morgan fingerprint density at radius 3 is 2.64 bits per heavy atom. The van der Waals surface area contributed by atoms with E-state index in [1.54, 1.807) is 0 Å². The van der Waals surface area contributed by atoms with Gasteiger partial charge in [0.05, 0.1) is 29.9 Å². The van der Waals surface area contributed by atoms with Gasteiger partial charge in [0.1, 0.15) is 0 Å². The first-order valence-electron chi connectivity index (χ1n) is 16.9. The number of pyridine rings is 1. The van der Waals surface area contributed by atoms with Gasteiger partial charge in [0.15, 0.2) is 5.65 Å². The van der Waals surface area contributed by atoms with E-state index in [1.165, 1.54) is 17.6 Å². The van der Waals surface area contributed by atoms with Crippen LogP contribution >= 0.6 is 0 Å². The molecule has 2 aromatic rings. The van der Waals surface area contributed by atoms with E-state index >= 15 is 0 Å². The monoisotopic (exact) mass is 609 g/mol. The van der Waals surface area contributed by atoms with E-state index in [9.17, 15) is 4.79 Å². The molecule has 1 unspecified atom stereocenters. The van der Waals surface area contributed by atoms with Gasteiger partial charge in [-0.25, -0.2) is 9.67 Å². The van der Waals surface area contributed by atoms with Crippen molar-refractivity contribution in [3.8, 4) is 0 Å². The number of nitrogens with one attached hydrogen (secondary N) is 3. The zero-order valence-electron chi connectivity index (χ0n) is 27.2. The second kappa shape index (κ2) is 18.2. The number of carbonyl (C=O) groups is 1. The van der Waals surface area contributed by atoms with Gasteiger partial charge in [-0.2, -0.15) is 5.10 Å². The number of anilines is 1. The minimum absolute atomic E-state index is 0.0667. The molecule has 1 aliphatic carbocycles. The fraction of sp³-hybridized carbons (Fsp3) is 0.676. The molecule has 0 saturated carbocycles. The lowest BCUT2D eigenvalue weighted by atomic mass is 10.0. The summed E-state index contributed by atoms with van der Waals surface area (Å²) in [4.78, 5) is 19.7. The van der Waals surface area contributed by atoms with Crippen molar-refractivity contribution >= 4 is 22.6 Å². The van der Waals surface area contributed by atoms with E-state index in [0.717, 1.165) is 120 Å². The van der Waals surface area contributed by atoms with Crippen LogP contribution in [0.4, 0.5) is 5.69 Å². The molecule has 1 aliphatic heterocycles. The molecule has 4 N–H and O–H groups in total. The van der Waals surface area contributed by atoms with Crippen molar-refractivity contribution in [2.24, 2.45) is 0 Å². The van der Waals surface area contributed by atoms with Crippen molar-refractivity contribution in [1.82, 2.24) is 30.3 Å². The number of hydrogen-bond donors (Lipinski definition) is 4. The van der Waals surface area contributed by atoms with E-state index in [2.05, 4.69) is 58.0 Å². The predicted molar refractivity (Wildman–Crippen MR) is 178 cm³/mol. The highest BCUT2D eigenvalue weighted by Crippen LogP contribution is 2.31. The fourth-order valence-electron chi connectivity index (χ4n) is 6.09. The Morgan fingerprint density at radius 1 is 1.11 bits per heavy atom. The Bertz CT molecular complexity index is 1240. The number of rotatable bonds is 19. The van der Waals surface area contributed by atoms with Gasteiger partial charge in [-0.05, 0) is 64.6 Å². The first-order chi connectivity index (χ1) is 21.5. The van der Waals surface area contributed by atoms with E-state index in [-0.39, 0.29) is 18.6 Å². The summed E-state index contributed by atoms with van der Waals surface area (Å²) in [6.07, 6.45) is 18.2. The highest BCUT2D eigenvalue weighted by atomic mass is 16.5. The van der Waals surface area contributed by atoms with Gasteiger partial charge < -0.3 is 30.7 Å². The van der Waals surface area contributed by atoms with Crippen LogP contribution in [0.2, 0.25) is 0 Å². The van der Waals surface area contributed by atoms with Crippen LogP contribution < -0.4 is 16.0 Å². The number of fused-ring (bicyclic) bond motifs is 1. The highest BCUT2D eigenvalue weighted by Gasteiger charge is 2.21. The van der Waals surface area contributed by atoms with Crippen LogP contribution in [-0.2, 0) is 29.0 Å². The molecule has 1 amide bonds. The second-order valence-electron chi connectivity index (χ2n) is 12.2. The zero-order valence-corrected chi connectivity index (χ0v) is 27.2. The van der Waals surface area contributed by atoms with Crippen molar-refractivity contribution in [2.75, 3.05) is 51.8 Å². The Hall–Kier alpha value is -2.79. The number of carbonyl (C=O) groups excluding carboxylic acids is 1. The molecule has 4 rings (SSSR count). The molecule has 2 aromatic heterocycles. The van der Waals surface area contributed by atoms with Crippen LogP contribution in [-0.4, -0.2) is 89.3 Å². The van der Waals surface area contributed by atoms with E-state index in [4.69, 9.17) is 14.8 Å². The van der Waals surface area contributed by atoms with Gasteiger partial charge >= 0.3 is 0 Å². The standard InChI is InChI=1S/C34H55N7O3/c1-4-31-29(33(38-28-16-21-44-22-17-28)30-25-36-41(5-2)34(30)39-31)24-35-23-26-12-14-27(15-13-26)37-32(43)11-9-7-6-8-10-18-40(3)19-20-42/h12-14,25,27-28,35,42H,4-11,15-24H2,1-3H3,(H,37,43)(H,38,39). The van der Waals surface area contributed by atoms with Gasteiger partial charge in [-0.15, -0.1) is 0 Å². The molecule has 10 heteroatoms. The van der Waals surface area contributed by atoms with Crippen LogP contribution in [0, 0.1) is 0 Å². The number of unbranched alkanes of at least 4 members (excludes halogenated alkanes) is 4. The summed E-state index contributed by atoms with van der Waals surface area (Å²) in [5, 5.41) is 25.4. The number of nitrogens with zero attached hydrogens (tertiary/aromatic N) is 4. The number of likely N-dealkylation sites (N-methyl/N-ethyl adjacent to an activating group) is 1. The summed E-state index contributed by atoms with van der Waals surface area (Å²) >= 11 is 0. The number of amides is 1. The lowest BCUT2D eigenvalue weighted by molar-refractivity contribution is -0.121. The van der Waals surface area contributed by atoms with Crippen LogP contribution in [0.5, 0.6) is 0 Å². The van der Waals surface area contributed by atoms with Gasteiger partial charge in [0, 0.05) is 63.1 Å². The summed E-state index contributed by atoms with van der Waals surface area (Å²) in [7, 11) is 2.04. The Balaban J connectivity index is 1.22. The van der Waals surface area contributed by atoms with Crippen molar-refractivity contribution < 1.29 is 14.6 Å². The summed E-state index contributed by atoms with van der Waals surface area (Å²) in [6, 6.07) is 0.450. The fourth-order valence-corrected chi connectivity index (χ4v) is 6.09. The molecule has 1 saturated heterocycles. The molecule has 1 fully saturated rings. The maximum Gasteiger partial charge on any atom is 0.220 e. The molecule has 0 aromatic carbocycles. The Morgan fingerprint density at radius 2 is 1.91 bits per heavy atom. The third-order valence-electron chi connectivity index (χ3n) is 8.76. The Labute approximate surface area is 263 Å². The summed E-state index contributed by atoms with van der Waals surface area (Å²) < 4.78 is 7.59. The molecule has 0 spiro atoms. The minimum atomic E-state index is 0.0667. The first-order valence-corrected chi connectivity index (χ1v) is 16.9. The molecule has 244 valence electrons. The summed E-state index contributed by atoms with van der Waals surface area (Å²) in [5.74, 6) is 0.142. The number of aromatic nitrogens is 3. The lowest BCUT2D eigenvalue weighted by Crippen LogP contribution is -2.34. The second-order valence-corrected chi connectivity index (χ2v) is 12.2. The molecule has 3 heterocycles. The van der Waals surface area contributed by atoms with Crippen molar-refractivity contribution in [2.45, 2.75) is 103 Å². The lowest BCUT2D eigenvalue weighted by Gasteiger charge is -2.27. The topological polar surface area (TPSA) is 117 Å². The molecular formula is C34H55N7O3. The average Bonchev–Trinajstić information content (AvgIpc) is 3.45. The molecule has 1 atom stereocenters. The number of ether oxygens (including phenoxy) is 1. The quantitative estimate of drug-likeness (QED) is 0.174. The minimum Gasteiger partial charge on any atom is -0.395 e. The number of aryl methyl sites for hydroxylation is 2. The first kappa shape index (κ1) is 34.1. The van der Waals surface area contributed by atoms with Crippen LogP contribution in [0.1, 0.15) is 82.9 Å². The predicted octanol–water partition coefficient (Wildman–Crippen LogP) is 4.33. The third-order valence-corrected chi connectivity index (χ3v) is 8.76. The summed E-state index contributed by atoms with van der Waals surface area (Å²) in [5.41, 5.74) is 5.68. The van der Waals surface area contributed by atoms with Gasteiger partial charge in [-0.3, -0.25) is 4.79 Å². The van der Waals surface area contributed by atoms with Crippen molar-refractivity contribution in [3.05, 3.63) is 41.3 Å². The molecule has 0 bridgehead atoms. The maximum absolute atomic E-state index is 12.5. The van der Waals surface area contributed by atoms with Crippen molar-refractivity contribution in [1.29, 1.82) is 0 Å². The SMILES string of the molecule is CCc1nc2c(cnn2CC)c(NC2CCOCC2)c1CNCC1=CCC(NC(=O)CCCCCCCN(C)CCO)C=C1. The van der Waals surface area contributed by atoms with Crippen LogP contribution in [0.25, 0.3) is 11.0 Å². The van der Waals surface area contributed by atoms with Gasteiger partial charge in [-0.1, -0.05) is 44.4 Å². The van der Waals surface area contributed by atoms with E-state index < -0.39 is 0 Å². The van der Waals surface area contributed by atoms with Crippen molar-refractivity contribution in [3.63, 3.8) is 0 Å². The smallest absolute Gasteiger partial charge is 0.220 e. The highest BCUT2D eigenvalue weighted by molar-refractivity contribution is 5.91. The zero-order chi connectivity index (χ0) is 31.1. The third kappa shape index (κ3) is 10.1. The maximum atomic E-state index is 12.5. The van der Waals surface area contributed by atoms with Crippen LogP contribution in [0.3, 0.4) is 0 Å². The van der Waals surface area contributed by atoms with E-state index in [0.29, 0.717) is 12.5 Å². The molecule has 44 heavy (non-hydrogen) atoms. The van der Waals surface area contributed by atoms with E-state index in [1.807, 2.05) is 17.9 Å². The largest absolute Gasteiger partial charge is 0.395 e. The molecule has 10 nitrogen and oxygen atoms in total. The van der Waals surface area contributed by atoms with Gasteiger partial charge in [0.25, 0.3) is 0 Å².